The van der Waals surface area contributed by atoms with Crippen molar-refractivity contribution in [1.82, 2.24) is 4.98 Å². The Balaban J connectivity index is 2.33. The summed E-state index contributed by atoms with van der Waals surface area (Å²) in [7, 11) is 1.60. The molecule has 100 valence electrons. The van der Waals surface area contributed by atoms with Gasteiger partial charge in [-0.3, -0.25) is 0 Å². The third kappa shape index (κ3) is 2.21. The molecule has 2 nitrogen and oxygen atoms in total. The van der Waals surface area contributed by atoms with Gasteiger partial charge in [-0.2, -0.15) is 0 Å². The summed E-state index contributed by atoms with van der Waals surface area (Å²) in [4.78, 5) is 4.64. The zero-order valence-corrected chi connectivity index (χ0v) is 12.2. The van der Waals surface area contributed by atoms with Gasteiger partial charge in [0.1, 0.15) is 11.3 Å². The van der Waals surface area contributed by atoms with Crippen molar-refractivity contribution in [3.63, 3.8) is 0 Å². The van der Waals surface area contributed by atoms with Gasteiger partial charge in [0.15, 0.2) is 0 Å². The molecule has 0 aliphatic rings. The molecule has 0 fully saturated rings. The maximum atomic E-state index is 6.37. The molecule has 3 rings (SSSR count). The van der Waals surface area contributed by atoms with Gasteiger partial charge in [-0.15, -0.1) is 0 Å². The molecule has 20 heavy (non-hydrogen) atoms. The van der Waals surface area contributed by atoms with Crippen LogP contribution < -0.4 is 4.74 Å². The molecular weight excluding hydrogens is 293 g/mol. The van der Waals surface area contributed by atoms with E-state index in [4.69, 9.17) is 27.9 Å². The maximum absolute atomic E-state index is 6.37. The first-order valence-electron chi connectivity index (χ1n) is 6.09. The molecule has 0 spiro atoms. The highest BCUT2D eigenvalue weighted by atomic mass is 35.5. The van der Waals surface area contributed by atoms with E-state index in [2.05, 4.69) is 4.98 Å². The second-order valence-corrected chi connectivity index (χ2v) is 5.14. The van der Waals surface area contributed by atoms with Gasteiger partial charge in [0.2, 0.25) is 0 Å². The number of benzene rings is 2. The van der Waals surface area contributed by atoms with Gasteiger partial charge >= 0.3 is 0 Å². The molecule has 1 aromatic heterocycles. The number of methoxy groups -OCH3 is 1. The molecule has 0 radical (unpaired) electrons. The first kappa shape index (κ1) is 13.2. The first-order valence-corrected chi connectivity index (χ1v) is 6.84. The van der Waals surface area contributed by atoms with E-state index in [1.165, 1.54) is 0 Å². The number of ether oxygens (including phenoxy) is 1. The number of halogens is 2. The molecule has 4 heteroatoms. The molecular formula is C16H11Cl2NO. The van der Waals surface area contributed by atoms with Gasteiger partial charge < -0.3 is 4.74 Å². The van der Waals surface area contributed by atoms with Crippen LogP contribution in [0.3, 0.4) is 0 Å². The standard InChI is InChI=1S/C16H11Cl2NO/c1-20-14-8-7-11(17)15-12(18)9-13(19-16(14)15)10-5-3-2-4-6-10/h2-9H,1H3. The largest absolute Gasteiger partial charge is 0.494 e. The summed E-state index contributed by atoms with van der Waals surface area (Å²) < 4.78 is 5.35. The van der Waals surface area contributed by atoms with E-state index in [-0.39, 0.29) is 0 Å². The normalized spacial score (nSPS) is 10.8. The summed E-state index contributed by atoms with van der Waals surface area (Å²) in [6, 6.07) is 15.2. The Morgan fingerprint density at radius 2 is 1.70 bits per heavy atom. The molecule has 0 bridgehead atoms. The highest BCUT2D eigenvalue weighted by Crippen LogP contribution is 2.37. The minimum absolute atomic E-state index is 0.567. The van der Waals surface area contributed by atoms with Crippen LogP contribution in [-0.4, -0.2) is 12.1 Å². The summed E-state index contributed by atoms with van der Waals surface area (Å²) in [5.74, 6) is 0.657. The average molecular weight is 304 g/mol. The van der Waals surface area contributed by atoms with Gasteiger partial charge in [0, 0.05) is 10.9 Å². The fraction of sp³-hybridized carbons (Fsp3) is 0.0625. The molecule has 0 amide bonds. The van der Waals surface area contributed by atoms with Gasteiger partial charge in [0.25, 0.3) is 0 Å². The third-order valence-corrected chi connectivity index (χ3v) is 3.73. The lowest BCUT2D eigenvalue weighted by molar-refractivity contribution is 0.419. The van der Waals surface area contributed by atoms with Crippen molar-refractivity contribution < 1.29 is 4.74 Å². The van der Waals surface area contributed by atoms with Crippen LogP contribution in [0.25, 0.3) is 22.2 Å². The zero-order chi connectivity index (χ0) is 14.1. The molecule has 1 heterocycles. The lowest BCUT2D eigenvalue weighted by atomic mass is 10.1. The molecule has 2 aromatic carbocycles. The van der Waals surface area contributed by atoms with Crippen molar-refractivity contribution in [1.29, 1.82) is 0 Å². The topological polar surface area (TPSA) is 22.1 Å². The van der Waals surface area contributed by atoms with Crippen molar-refractivity contribution in [2.45, 2.75) is 0 Å². The number of hydrogen-bond acceptors (Lipinski definition) is 2. The van der Waals surface area contributed by atoms with Crippen LogP contribution in [0.2, 0.25) is 10.0 Å². The SMILES string of the molecule is COc1ccc(Cl)c2c(Cl)cc(-c3ccccc3)nc12. The summed E-state index contributed by atoms with van der Waals surface area (Å²) >= 11 is 12.6. The highest BCUT2D eigenvalue weighted by molar-refractivity contribution is 6.42. The summed E-state index contributed by atoms with van der Waals surface area (Å²) in [5.41, 5.74) is 2.47. The monoisotopic (exact) mass is 303 g/mol. The van der Waals surface area contributed by atoms with Crippen LogP contribution in [0.1, 0.15) is 0 Å². The molecule has 0 aliphatic heterocycles. The molecule has 0 unspecified atom stereocenters. The number of hydrogen-bond donors (Lipinski definition) is 0. The minimum atomic E-state index is 0.567. The second-order valence-electron chi connectivity index (χ2n) is 4.33. The van der Waals surface area contributed by atoms with E-state index in [9.17, 15) is 0 Å². The predicted octanol–water partition coefficient (Wildman–Crippen LogP) is 5.22. The lowest BCUT2D eigenvalue weighted by Crippen LogP contribution is -1.92. The summed E-state index contributed by atoms with van der Waals surface area (Å²) in [6.45, 7) is 0. The van der Waals surface area contributed by atoms with E-state index in [0.717, 1.165) is 11.3 Å². The number of aromatic nitrogens is 1. The Morgan fingerprint density at radius 3 is 2.40 bits per heavy atom. The van der Waals surface area contributed by atoms with Gasteiger partial charge in [-0.25, -0.2) is 4.98 Å². The number of nitrogens with zero attached hydrogens (tertiary/aromatic N) is 1. The maximum Gasteiger partial charge on any atom is 0.145 e. The Kier molecular flexibility index (Phi) is 3.51. The third-order valence-electron chi connectivity index (χ3n) is 3.11. The lowest BCUT2D eigenvalue weighted by Gasteiger charge is -2.10. The molecule has 3 aromatic rings. The van der Waals surface area contributed by atoms with Crippen molar-refractivity contribution in [2.75, 3.05) is 7.11 Å². The Hall–Kier alpha value is -1.77. The minimum Gasteiger partial charge on any atom is -0.494 e. The Bertz CT molecular complexity index is 772. The van der Waals surface area contributed by atoms with Gasteiger partial charge in [-0.1, -0.05) is 53.5 Å². The first-order chi connectivity index (χ1) is 9.70. The number of rotatable bonds is 2. The highest BCUT2D eigenvalue weighted by Gasteiger charge is 2.13. The number of fused-ring (bicyclic) bond motifs is 1. The van der Waals surface area contributed by atoms with Crippen molar-refractivity contribution in [3.8, 4) is 17.0 Å². The molecule has 0 saturated carbocycles. The van der Waals surface area contributed by atoms with Crippen molar-refractivity contribution in [3.05, 3.63) is 58.6 Å². The zero-order valence-electron chi connectivity index (χ0n) is 10.7. The van der Waals surface area contributed by atoms with Crippen LogP contribution in [-0.2, 0) is 0 Å². The second kappa shape index (κ2) is 5.31. The molecule has 0 atom stereocenters. The molecule has 0 saturated heterocycles. The van der Waals surface area contributed by atoms with E-state index in [1.54, 1.807) is 19.2 Å². The van der Waals surface area contributed by atoms with Crippen LogP contribution in [0.15, 0.2) is 48.5 Å². The van der Waals surface area contributed by atoms with Crippen molar-refractivity contribution >= 4 is 34.1 Å². The smallest absolute Gasteiger partial charge is 0.145 e. The molecule has 0 N–H and O–H groups in total. The average Bonchev–Trinajstić information content (AvgIpc) is 2.48. The van der Waals surface area contributed by atoms with E-state index < -0.39 is 0 Å². The molecule has 0 aliphatic carbocycles. The van der Waals surface area contributed by atoms with Crippen LogP contribution in [0.4, 0.5) is 0 Å². The Labute approximate surface area is 126 Å². The number of pyridine rings is 1. The van der Waals surface area contributed by atoms with E-state index >= 15 is 0 Å². The summed E-state index contributed by atoms with van der Waals surface area (Å²) in [5, 5.41) is 1.85. The fourth-order valence-electron chi connectivity index (χ4n) is 2.15. The fourth-order valence-corrected chi connectivity index (χ4v) is 2.75. The predicted molar refractivity (Wildman–Crippen MR) is 83.8 cm³/mol. The van der Waals surface area contributed by atoms with Crippen LogP contribution in [0, 0.1) is 0 Å². The van der Waals surface area contributed by atoms with Crippen molar-refractivity contribution in [2.24, 2.45) is 0 Å². The summed E-state index contributed by atoms with van der Waals surface area (Å²) in [6.07, 6.45) is 0. The van der Waals surface area contributed by atoms with Crippen LogP contribution >= 0.6 is 23.2 Å². The van der Waals surface area contributed by atoms with E-state index in [0.29, 0.717) is 26.7 Å². The van der Waals surface area contributed by atoms with Crippen LogP contribution in [0.5, 0.6) is 5.75 Å². The quantitative estimate of drug-likeness (QED) is 0.648. The van der Waals surface area contributed by atoms with Gasteiger partial charge in [-0.05, 0) is 18.2 Å². The Morgan fingerprint density at radius 1 is 0.950 bits per heavy atom. The van der Waals surface area contributed by atoms with Gasteiger partial charge in [0.05, 0.1) is 22.8 Å². The van der Waals surface area contributed by atoms with E-state index in [1.807, 2.05) is 36.4 Å².